The van der Waals surface area contributed by atoms with Crippen LogP contribution in [0.3, 0.4) is 0 Å². The van der Waals surface area contributed by atoms with E-state index >= 15 is 0 Å². The van der Waals surface area contributed by atoms with E-state index in [0.29, 0.717) is 8.64 Å². The molecule has 0 saturated heterocycles. The van der Waals surface area contributed by atoms with Crippen molar-refractivity contribution in [2.24, 2.45) is 0 Å². The summed E-state index contributed by atoms with van der Waals surface area (Å²) in [6.07, 6.45) is 0. The molecule has 0 aromatic heterocycles. The van der Waals surface area contributed by atoms with Crippen molar-refractivity contribution in [3.63, 3.8) is 0 Å². The van der Waals surface area contributed by atoms with Crippen molar-refractivity contribution in [3.8, 4) is 5.75 Å². The monoisotopic (exact) mass is 389 g/mol. The number of aromatic hydroxyl groups is 1. The average molecular weight is 388 g/mol. The van der Waals surface area contributed by atoms with E-state index in [2.05, 4.69) is 0 Å². The van der Waals surface area contributed by atoms with Crippen molar-refractivity contribution >= 4 is 17.0 Å². The second-order valence-electron chi connectivity index (χ2n) is 2.60. The summed E-state index contributed by atoms with van der Waals surface area (Å²) in [4.78, 5) is 10.1. The Morgan fingerprint density at radius 1 is 1.62 bits per heavy atom. The number of rotatable bonds is 2. The maximum absolute atomic E-state index is 10.5. The Labute approximate surface area is 90.5 Å². The zero-order valence-corrected chi connectivity index (χ0v) is 13.2. The first-order valence-electron chi connectivity index (χ1n) is 3.59. The quantitative estimate of drug-likeness (QED) is 0.474. The van der Waals surface area contributed by atoms with Crippen LogP contribution in [-0.2, 0) is 23.3 Å². The minimum absolute atomic E-state index is 0.0481. The summed E-state index contributed by atoms with van der Waals surface area (Å²) in [5, 5.41) is 19.8. The van der Waals surface area contributed by atoms with Crippen LogP contribution in [0.4, 0.5) is 5.69 Å². The van der Waals surface area contributed by atoms with Gasteiger partial charge in [-0.1, -0.05) is 0 Å². The van der Waals surface area contributed by atoms with Crippen LogP contribution in [0.2, 0.25) is 0 Å². The second-order valence-corrected chi connectivity index (χ2v) is 8.73. The fourth-order valence-corrected chi connectivity index (χ4v) is 7.01. The van der Waals surface area contributed by atoms with Crippen LogP contribution in [0, 0.1) is 17.0 Å². The number of phenolic OH excluding ortho intramolecular Hbond substituents is 1. The molecule has 66 valence electrons. The third-order valence-corrected chi connectivity index (χ3v) is 8.73. The first-order chi connectivity index (χ1) is 6.07. The van der Waals surface area contributed by atoms with Crippen molar-refractivity contribution in [1.29, 1.82) is 0 Å². The molecule has 13 heavy (non-hydrogen) atoms. The predicted molar refractivity (Wildman–Crippen MR) is 45.0 cm³/mol. The molecule has 6 heteroatoms. The number of benzene rings is 1. The van der Waals surface area contributed by atoms with Gasteiger partial charge in [0.1, 0.15) is 0 Å². The van der Waals surface area contributed by atoms with Crippen LogP contribution in [0.1, 0.15) is 5.56 Å². The average Bonchev–Trinajstić information content (AvgIpc) is 2.09. The predicted octanol–water partition coefficient (Wildman–Crippen LogP) is 1.47. The van der Waals surface area contributed by atoms with Gasteiger partial charge < -0.3 is 0 Å². The number of nitrogens with zero attached hydrogens (tertiary/aromatic N) is 1. The Kier molecular flexibility index (Phi) is 3.50. The Bertz CT molecular complexity index is 356. The van der Waals surface area contributed by atoms with Gasteiger partial charge in [-0.25, -0.2) is 0 Å². The van der Waals surface area contributed by atoms with Crippen molar-refractivity contribution in [3.05, 3.63) is 27.8 Å². The molecule has 0 spiro atoms. The molecule has 0 aliphatic heterocycles. The van der Waals surface area contributed by atoms with Gasteiger partial charge >= 0.3 is 90.9 Å². The third-order valence-electron chi connectivity index (χ3n) is 1.88. The fourth-order valence-electron chi connectivity index (χ4n) is 1.07. The molecule has 1 aromatic rings. The van der Waals surface area contributed by atoms with E-state index in [4.69, 9.17) is 8.25 Å². The molecule has 0 radical (unpaired) electrons. The topological polar surface area (TPSA) is 63.4 Å². The fraction of sp³-hybridized carbons (Fsp3) is 0.143. The van der Waals surface area contributed by atoms with E-state index < -0.39 is 28.3 Å². The number of halogens is 1. The van der Waals surface area contributed by atoms with Crippen LogP contribution in [0.5, 0.6) is 5.75 Å². The first-order valence-corrected chi connectivity index (χ1v) is 13.1. The van der Waals surface area contributed by atoms with Gasteiger partial charge in [0, 0.05) is 0 Å². The SMILES string of the molecule is Cc1c(O)ccc([N+](=O)[O-])[c]1[Hg][Cl]. The van der Waals surface area contributed by atoms with Gasteiger partial charge in [0.2, 0.25) is 0 Å². The van der Waals surface area contributed by atoms with E-state index in [1.807, 2.05) is 0 Å². The zero-order chi connectivity index (χ0) is 10.0. The van der Waals surface area contributed by atoms with Crippen LogP contribution in [0.15, 0.2) is 12.1 Å². The molecule has 1 N–H and O–H groups in total. The number of hydrogen-bond donors (Lipinski definition) is 1. The summed E-state index contributed by atoms with van der Waals surface area (Å²) < 4.78 is 0.590. The Morgan fingerprint density at radius 2 is 2.23 bits per heavy atom. The molecule has 1 rings (SSSR count). The number of nitro groups is 1. The van der Waals surface area contributed by atoms with Crippen molar-refractivity contribution < 1.29 is 33.4 Å². The van der Waals surface area contributed by atoms with E-state index in [9.17, 15) is 15.2 Å². The molecule has 0 heterocycles. The van der Waals surface area contributed by atoms with Gasteiger partial charge in [-0.2, -0.15) is 0 Å². The molecule has 0 aliphatic rings. The number of phenols is 1. The molecule has 0 unspecified atom stereocenters. The van der Waals surface area contributed by atoms with Gasteiger partial charge in [-0.05, 0) is 0 Å². The molecule has 0 atom stereocenters. The standard InChI is InChI=1S/C7H6NO3.ClH.Hg/c1-5-4-6(8(10)11)2-3-7(5)9;;/h2-3,9H,1H3;1H;/q;;+1/p-1. The summed E-state index contributed by atoms with van der Waals surface area (Å²) >= 11 is -1.87. The first kappa shape index (κ1) is 10.7. The van der Waals surface area contributed by atoms with Gasteiger partial charge in [-0.15, -0.1) is 0 Å². The normalized spacial score (nSPS) is 9.38. The second kappa shape index (κ2) is 4.24. The summed E-state index contributed by atoms with van der Waals surface area (Å²) in [6, 6.07) is 2.64. The van der Waals surface area contributed by atoms with Crippen molar-refractivity contribution in [1.82, 2.24) is 0 Å². The van der Waals surface area contributed by atoms with Crippen LogP contribution in [0.25, 0.3) is 0 Å². The van der Waals surface area contributed by atoms with Crippen LogP contribution >= 0.6 is 8.25 Å². The molecule has 1 aromatic carbocycles. The molecule has 0 saturated carbocycles. The van der Waals surface area contributed by atoms with E-state index in [1.54, 1.807) is 6.92 Å². The van der Waals surface area contributed by atoms with Gasteiger partial charge in [0.05, 0.1) is 0 Å². The van der Waals surface area contributed by atoms with E-state index in [-0.39, 0.29) is 11.4 Å². The number of hydrogen-bond acceptors (Lipinski definition) is 3. The summed E-state index contributed by atoms with van der Waals surface area (Å²) in [6.45, 7) is 1.65. The van der Waals surface area contributed by atoms with Gasteiger partial charge in [0.15, 0.2) is 0 Å². The Balaban J connectivity index is 3.38. The molecular formula is C7H6ClHgNO3. The van der Waals surface area contributed by atoms with Crippen LogP contribution in [-0.4, -0.2) is 10.0 Å². The van der Waals surface area contributed by atoms with E-state index in [0.717, 1.165) is 0 Å². The molecule has 0 fully saturated rings. The molecular weight excluding hydrogens is 382 g/mol. The van der Waals surface area contributed by atoms with Crippen LogP contribution < -0.4 is 3.07 Å². The summed E-state index contributed by atoms with van der Waals surface area (Å²) in [5.41, 5.74) is 0.609. The molecule has 4 nitrogen and oxygen atoms in total. The minimum atomic E-state index is -1.87. The maximum atomic E-state index is 10.5. The van der Waals surface area contributed by atoms with Crippen molar-refractivity contribution in [2.45, 2.75) is 6.92 Å². The van der Waals surface area contributed by atoms with E-state index in [1.165, 1.54) is 12.1 Å². The summed E-state index contributed by atoms with van der Waals surface area (Å²) in [5.74, 6) is 0.0845. The Morgan fingerprint density at radius 3 is 2.69 bits per heavy atom. The van der Waals surface area contributed by atoms with Crippen molar-refractivity contribution in [2.75, 3.05) is 0 Å². The molecule has 0 bridgehead atoms. The molecule has 0 aliphatic carbocycles. The number of nitro benzene ring substituents is 1. The van der Waals surface area contributed by atoms with Gasteiger partial charge in [-0.3, -0.25) is 0 Å². The summed E-state index contributed by atoms with van der Waals surface area (Å²) in [7, 11) is 5.76. The molecule has 0 amide bonds. The Hall–Kier alpha value is -0.355. The zero-order valence-electron chi connectivity index (χ0n) is 6.95. The van der Waals surface area contributed by atoms with Gasteiger partial charge in [0.25, 0.3) is 0 Å². The third kappa shape index (κ3) is 2.11.